The summed E-state index contributed by atoms with van der Waals surface area (Å²) in [5.41, 5.74) is -0.968. The zero-order valence-corrected chi connectivity index (χ0v) is 22.8. The molecule has 2 aliphatic heterocycles. The van der Waals surface area contributed by atoms with Crippen molar-refractivity contribution in [3.63, 3.8) is 0 Å². The van der Waals surface area contributed by atoms with E-state index in [0.29, 0.717) is 32.5 Å². The van der Waals surface area contributed by atoms with Gasteiger partial charge in [-0.15, -0.1) is 13.2 Å². The summed E-state index contributed by atoms with van der Waals surface area (Å²) in [5, 5.41) is 0. The van der Waals surface area contributed by atoms with Gasteiger partial charge in [0.2, 0.25) is 11.8 Å². The molecule has 0 aliphatic carbocycles. The van der Waals surface area contributed by atoms with Crippen LogP contribution in [-0.2, 0) is 25.7 Å². The van der Waals surface area contributed by atoms with Crippen molar-refractivity contribution >= 4 is 17.8 Å². The number of piperidine rings is 1. The second kappa shape index (κ2) is 12.0. The molecule has 202 valence electrons. The lowest BCUT2D eigenvalue weighted by atomic mass is 9.66. The number of likely N-dealkylation sites (tertiary alicyclic amines) is 2. The molecule has 2 heterocycles. The van der Waals surface area contributed by atoms with Crippen LogP contribution in [-0.4, -0.2) is 59.4 Å². The van der Waals surface area contributed by atoms with Crippen molar-refractivity contribution in [2.24, 2.45) is 11.3 Å². The Morgan fingerprint density at radius 2 is 1.84 bits per heavy atom. The summed E-state index contributed by atoms with van der Waals surface area (Å²) in [4.78, 5) is 44.8. The molecule has 1 spiro atoms. The maximum atomic E-state index is 14.2. The van der Waals surface area contributed by atoms with Gasteiger partial charge in [-0.05, 0) is 76.5 Å². The molecule has 3 rings (SSSR count). The van der Waals surface area contributed by atoms with E-state index in [4.69, 9.17) is 9.47 Å². The Hall–Kier alpha value is -3.09. The molecule has 0 saturated carbocycles. The fraction of sp³-hybridized carbons (Fsp3) is 0.567. The van der Waals surface area contributed by atoms with Crippen LogP contribution in [0.3, 0.4) is 0 Å². The second-order valence-corrected chi connectivity index (χ2v) is 11.1. The van der Waals surface area contributed by atoms with Crippen molar-refractivity contribution < 1.29 is 23.9 Å². The molecular formula is C30H42N2O5. The molecule has 0 aromatic heterocycles. The number of nitrogens with zero attached hydrogens (tertiary/aromatic N) is 2. The van der Waals surface area contributed by atoms with E-state index in [1.807, 2.05) is 51.1 Å². The van der Waals surface area contributed by atoms with E-state index in [2.05, 4.69) is 13.2 Å². The molecule has 1 aromatic rings. The molecule has 37 heavy (non-hydrogen) atoms. The summed E-state index contributed by atoms with van der Waals surface area (Å²) in [6, 6.07) is 7.34. The van der Waals surface area contributed by atoms with Gasteiger partial charge in [0.25, 0.3) is 0 Å². The van der Waals surface area contributed by atoms with Crippen LogP contribution < -0.4 is 4.74 Å². The molecule has 0 bridgehead atoms. The van der Waals surface area contributed by atoms with Gasteiger partial charge in [0.15, 0.2) is 0 Å². The molecule has 0 N–H and O–H groups in total. The normalized spacial score (nSPS) is 23.9. The van der Waals surface area contributed by atoms with Crippen LogP contribution in [0.15, 0.2) is 49.6 Å². The van der Waals surface area contributed by atoms with Crippen LogP contribution in [0, 0.1) is 11.3 Å². The molecular weight excluding hydrogens is 468 g/mol. The summed E-state index contributed by atoms with van der Waals surface area (Å²) in [6.07, 6.45) is 7.18. The van der Waals surface area contributed by atoms with E-state index in [1.54, 1.807) is 23.0 Å². The zero-order valence-electron chi connectivity index (χ0n) is 22.8. The van der Waals surface area contributed by atoms with Gasteiger partial charge in [0, 0.05) is 26.1 Å². The van der Waals surface area contributed by atoms with E-state index >= 15 is 0 Å². The highest BCUT2D eigenvalue weighted by atomic mass is 16.6. The molecule has 2 amide bonds. The third-order valence-electron chi connectivity index (χ3n) is 7.38. The molecule has 3 atom stereocenters. The van der Waals surface area contributed by atoms with Crippen LogP contribution in [0.1, 0.15) is 64.9 Å². The lowest BCUT2D eigenvalue weighted by Crippen LogP contribution is -2.57. The topological polar surface area (TPSA) is 76.2 Å². The summed E-state index contributed by atoms with van der Waals surface area (Å²) >= 11 is 0. The Morgan fingerprint density at radius 3 is 2.43 bits per heavy atom. The predicted octanol–water partition coefficient (Wildman–Crippen LogP) is 4.91. The Labute approximate surface area is 221 Å². The first kappa shape index (κ1) is 28.5. The van der Waals surface area contributed by atoms with Crippen LogP contribution >= 0.6 is 0 Å². The van der Waals surface area contributed by atoms with E-state index in [1.165, 1.54) is 0 Å². The third-order valence-corrected chi connectivity index (χ3v) is 7.38. The Kier molecular flexibility index (Phi) is 9.21. The van der Waals surface area contributed by atoms with E-state index in [-0.39, 0.29) is 30.2 Å². The van der Waals surface area contributed by atoms with Gasteiger partial charge < -0.3 is 19.3 Å². The van der Waals surface area contributed by atoms with Gasteiger partial charge in [-0.25, -0.2) is 0 Å². The maximum Gasteiger partial charge on any atom is 0.306 e. The smallest absolute Gasteiger partial charge is 0.306 e. The number of benzene rings is 1. The minimum Gasteiger partial charge on any atom is -0.497 e. The van der Waals surface area contributed by atoms with E-state index in [9.17, 15) is 14.4 Å². The van der Waals surface area contributed by atoms with E-state index in [0.717, 1.165) is 30.6 Å². The van der Waals surface area contributed by atoms with Crippen molar-refractivity contribution in [1.82, 2.24) is 9.80 Å². The molecule has 2 fully saturated rings. The SMILES string of the molecule is C=CCCCCN1C(=O)[C@@]2(C[C@@H]1C=C)C(=O)N(Cc1ccc(OC)cc1)CC[C@H]2CC(=O)OC(C)(C)C. The number of unbranched alkanes of at least 4 members (excludes halogenated alkanes) is 2. The largest absolute Gasteiger partial charge is 0.497 e. The lowest BCUT2D eigenvalue weighted by molar-refractivity contribution is -0.166. The standard InChI is InChI=1S/C30H42N2O5/c1-7-9-10-11-17-32-24(8-2)20-30(28(32)35)23(19-26(33)37-29(3,4)5)16-18-31(27(30)34)21-22-12-14-25(36-6)15-13-22/h7-8,12-15,23-24H,1-2,9-11,16-21H2,3-6H3/t23-,24-,30+/m0/s1. The summed E-state index contributed by atoms with van der Waals surface area (Å²) < 4.78 is 10.8. The molecule has 1 aromatic carbocycles. The van der Waals surface area contributed by atoms with Crippen LogP contribution in [0.4, 0.5) is 0 Å². The van der Waals surface area contributed by atoms with Crippen molar-refractivity contribution in [3.8, 4) is 5.75 Å². The maximum absolute atomic E-state index is 14.2. The number of allylic oxidation sites excluding steroid dienone is 1. The number of methoxy groups -OCH3 is 1. The fourth-order valence-corrected chi connectivity index (χ4v) is 5.58. The third kappa shape index (κ3) is 6.43. The number of carbonyl (C=O) groups excluding carboxylic acids is 3. The van der Waals surface area contributed by atoms with Crippen molar-refractivity contribution in [3.05, 3.63) is 55.1 Å². The van der Waals surface area contributed by atoms with Gasteiger partial charge in [-0.2, -0.15) is 0 Å². The molecule has 0 radical (unpaired) electrons. The minimum atomic E-state index is -1.29. The average molecular weight is 511 g/mol. The number of hydrogen-bond donors (Lipinski definition) is 0. The van der Waals surface area contributed by atoms with E-state index < -0.39 is 16.9 Å². The molecule has 2 saturated heterocycles. The number of rotatable bonds is 11. The van der Waals surface area contributed by atoms with Gasteiger partial charge in [-0.1, -0.05) is 24.3 Å². The number of amides is 2. The monoisotopic (exact) mass is 510 g/mol. The second-order valence-electron chi connectivity index (χ2n) is 11.1. The molecule has 7 nitrogen and oxygen atoms in total. The summed E-state index contributed by atoms with van der Waals surface area (Å²) in [7, 11) is 1.61. The molecule has 7 heteroatoms. The molecule has 0 unspecified atom stereocenters. The zero-order chi connectivity index (χ0) is 27.2. The number of hydrogen-bond acceptors (Lipinski definition) is 5. The Morgan fingerprint density at radius 1 is 1.14 bits per heavy atom. The van der Waals surface area contributed by atoms with Crippen molar-refractivity contribution in [1.29, 1.82) is 0 Å². The fourth-order valence-electron chi connectivity index (χ4n) is 5.58. The summed E-state index contributed by atoms with van der Waals surface area (Å²) in [5.74, 6) is -0.437. The van der Waals surface area contributed by atoms with Crippen molar-refractivity contribution in [2.75, 3.05) is 20.2 Å². The lowest BCUT2D eigenvalue weighted by Gasteiger charge is -2.43. The highest BCUT2D eigenvalue weighted by molar-refractivity contribution is 6.08. The average Bonchev–Trinajstić information content (AvgIpc) is 3.13. The quantitative estimate of drug-likeness (QED) is 0.183. The highest BCUT2D eigenvalue weighted by Gasteiger charge is 2.62. The minimum absolute atomic E-state index is 0.0410. The van der Waals surface area contributed by atoms with Crippen molar-refractivity contribution in [2.45, 2.75) is 77.5 Å². The number of ether oxygens (including phenoxy) is 2. The first-order valence-corrected chi connectivity index (χ1v) is 13.2. The van der Waals surface area contributed by atoms with Crippen LogP contribution in [0.25, 0.3) is 0 Å². The summed E-state index contributed by atoms with van der Waals surface area (Å²) in [6.45, 7) is 14.6. The van der Waals surface area contributed by atoms with Gasteiger partial charge in [0.05, 0.1) is 13.2 Å². The first-order chi connectivity index (χ1) is 17.6. The van der Waals surface area contributed by atoms with Gasteiger partial charge in [0.1, 0.15) is 16.8 Å². The van der Waals surface area contributed by atoms with Crippen LogP contribution in [0.2, 0.25) is 0 Å². The van der Waals surface area contributed by atoms with Gasteiger partial charge >= 0.3 is 5.97 Å². The highest BCUT2D eigenvalue weighted by Crippen LogP contribution is 2.50. The Balaban J connectivity index is 1.90. The predicted molar refractivity (Wildman–Crippen MR) is 144 cm³/mol. The van der Waals surface area contributed by atoms with Crippen LogP contribution in [0.5, 0.6) is 5.75 Å². The Bertz CT molecular complexity index is 996. The number of esters is 1. The first-order valence-electron chi connectivity index (χ1n) is 13.2. The molecule has 2 aliphatic rings. The van der Waals surface area contributed by atoms with Gasteiger partial charge in [-0.3, -0.25) is 14.4 Å². The number of carbonyl (C=O) groups is 3.